The van der Waals surface area contributed by atoms with Crippen molar-refractivity contribution in [3.63, 3.8) is 0 Å². The fraction of sp³-hybridized carbons (Fsp3) is 0.200. The number of nitrogens with zero attached hydrogens (tertiary/aromatic N) is 1. The van der Waals surface area contributed by atoms with Crippen LogP contribution in [0.5, 0.6) is 17.2 Å². The molecule has 1 heterocycles. The summed E-state index contributed by atoms with van der Waals surface area (Å²) in [6.07, 6.45) is 0. The summed E-state index contributed by atoms with van der Waals surface area (Å²) in [7, 11) is 4.62. The van der Waals surface area contributed by atoms with E-state index in [1.54, 1.807) is 38.5 Å². The maximum Gasteiger partial charge on any atom is 0.269 e. The molecule has 0 bridgehead atoms. The van der Waals surface area contributed by atoms with Gasteiger partial charge in [-0.3, -0.25) is 9.89 Å². The number of ether oxygens (including phenoxy) is 3. The van der Waals surface area contributed by atoms with Crippen molar-refractivity contribution in [1.82, 2.24) is 15.5 Å². The van der Waals surface area contributed by atoms with Gasteiger partial charge in [-0.15, -0.1) is 0 Å². The molecule has 0 saturated carbocycles. The van der Waals surface area contributed by atoms with Crippen LogP contribution in [0, 0.1) is 0 Å². The number of amides is 1. The summed E-state index contributed by atoms with van der Waals surface area (Å²) in [6.45, 7) is 0.317. The van der Waals surface area contributed by atoms with Gasteiger partial charge < -0.3 is 19.5 Å². The molecule has 1 aromatic heterocycles. The zero-order valence-corrected chi connectivity index (χ0v) is 16.5. The Balaban J connectivity index is 1.80. The molecule has 0 aliphatic carbocycles. The van der Waals surface area contributed by atoms with Crippen molar-refractivity contribution in [3.8, 4) is 28.5 Å². The van der Waals surface area contributed by atoms with Gasteiger partial charge in [-0.05, 0) is 29.8 Å². The molecule has 3 aromatic rings. The lowest BCUT2D eigenvalue weighted by molar-refractivity contribution is 0.0946. The SMILES string of the molecule is COc1cc(-c2cc(C(=O)NCc3ccccc3Cl)[nH]n2)cc(OC)c1OC. The third-order valence-electron chi connectivity index (χ3n) is 4.18. The van der Waals surface area contributed by atoms with Crippen LogP contribution in [-0.2, 0) is 6.54 Å². The average Bonchev–Trinajstić information content (AvgIpc) is 3.22. The Hall–Kier alpha value is -3.19. The summed E-state index contributed by atoms with van der Waals surface area (Å²) in [6, 6.07) is 12.5. The first kappa shape index (κ1) is 19.6. The molecule has 0 spiro atoms. The van der Waals surface area contributed by atoms with E-state index in [0.29, 0.717) is 40.2 Å². The fourth-order valence-electron chi connectivity index (χ4n) is 2.73. The summed E-state index contributed by atoms with van der Waals surface area (Å²) in [5, 5.41) is 10.4. The number of aromatic nitrogens is 2. The van der Waals surface area contributed by atoms with Crippen LogP contribution in [0.2, 0.25) is 5.02 Å². The molecule has 0 aliphatic heterocycles. The van der Waals surface area contributed by atoms with Crippen molar-refractivity contribution in [2.75, 3.05) is 21.3 Å². The summed E-state index contributed by atoms with van der Waals surface area (Å²) < 4.78 is 16.0. The van der Waals surface area contributed by atoms with E-state index in [0.717, 1.165) is 11.1 Å². The Morgan fingerprint density at radius 1 is 1.07 bits per heavy atom. The Bertz CT molecular complexity index is 962. The molecule has 2 N–H and O–H groups in total. The average molecular weight is 402 g/mol. The van der Waals surface area contributed by atoms with Gasteiger partial charge >= 0.3 is 0 Å². The number of carbonyl (C=O) groups is 1. The van der Waals surface area contributed by atoms with E-state index in [-0.39, 0.29) is 5.91 Å². The van der Waals surface area contributed by atoms with E-state index < -0.39 is 0 Å². The number of benzene rings is 2. The van der Waals surface area contributed by atoms with Crippen LogP contribution in [0.4, 0.5) is 0 Å². The minimum Gasteiger partial charge on any atom is -0.493 e. The predicted molar refractivity (Wildman–Crippen MR) is 106 cm³/mol. The van der Waals surface area contributed by atoms with E-state index in [4.69, 9.17) is 25.8 Å². The van der Waals surface area contributed by atoms with Crippen LogP contribution < -0.4 is 19.5 Å². The molecule has 2 aromatic carbocycles. The first-order chi connectivity index (χ1) is 13.6. The van der Waals surface area contributed by atoms with Crippen LogP contribution >= 0.6 is 11.6 Å². The van der Waals surface area contributed by atoms with Gasteiger partial charge in [0.25, 0.3) is 5.91 Å². The smallest absolute Gasteiger partial charge is 0.269 e. The molecule has 0 atom stereocenters. The molecular formula is C20H20ClN3O4. The van der Waals surface area contributed by atoms with E-state index in [2.05, 4.69) is 15.5 Å². The van der Waals surface area contributed by atoms with Crippen LogP contribution in [0.15, 0.2) is 42.5 Å². The first-order valence-corrected chi connectivity index (χ1v) is 8.82. The molecule has 0 fully saturated rings. The number of hydrogen-bond donors (Lipinski definition) is 2. The van der Waals surface area contributed by atoms with Crippen LogP contribution in [0.3, 0.4) is 0 Å². The fourth-order valence-corrected chi connectivity index (χ4v) is 2.93. The molecule has 28 heavy (non-hydrogen) atoms. The molecular weight excluding hydrogens is 382 g/mol. The summed E-state index contributed by atoms with van der Waals surface area (Å²) in [5.74, 6) is 1.21. The lowest BCUT2D eigenvalue weighted by Crippen LogP contribution is -2.23. The van der Waals surface area contributed by atoms with E-state index in [1.165, 1.54) is 7.11 Å². The number of H-pyrrole nitrogens is 1. The third kappa shape index (κ3) is 4.04. The highest BCUT2D eigenvalue weighted by Crippen LogP contribution is 2.40. The maximum absolute atomic E-state index is 12.4. The zero-order chi connectivity index (χ0) is 20.1. The molecule has 3 rings (SSSR count). The van der Waals surface area contributed by atoms with Gasteiger partial charge in [0.1, 0.15) is 5.69 Å². The van der Waals surface area contributed by atoms with E-state index in [9.17, 15) is 4.79 Å². The molecule has 0 aliphatic rings. The van der Waals surface area contributed by atoms with Crippen molar-refractivity contribution in [3.05, 3.63) is 58.7 Å². The number of carbonyl (C=O) groups excluding carboxylic acids is 1. The molecule has 7 nitrogen and oxygen atoms in total. The number of rotatable bonds is 7. The summed E-state index contributed by atoms with van der Waals surface area (Å²) >= 11 is 6.11. The Morgan fingerprint density at radius 2 is 1.75 bits per heavy atom. The number of aromatic amines is 1. The topological polar surface area (TPSA) is 85.5 Å². The highest BCUT2D eigenvalue weighted by Gasteiger charge is 2.17. The van der Waals surface area contributed by atoms with Crippen LogP contribution in [0.25, 0.3) is 11.3 Å². The third-order valence-corrected chi connectivity index (χ3v) is 4.55. The first-order valence-electron chi connectivity index (χ1n) is 8.44. The number of nitrogens with one attached hydrogen (secondary N) is 2. The van der Waals surface area contributed by atoms with Gasteiger partial charge in [-0.2, -0.15) is 5.10 Å². The summed E-state index contributed by atoms with van der Waals surface area (Å²) in [5.41, 5.74) is 2.45. The van der Waals surface area contributed by atoms with Crippen LogP contribution in [0.1, 0.15) is 16.1 Å². The van der Waals surface area contributed by atoms with E-state index >= 15 is 0 Å². The quantitative estimate of drug-likeness (QED) is 0.630. The molecule has 1 amide bonds. The van der Waals surface area contributed by atoms with Gasteiger partial charge in [0, 0.05) is 17.1 Å². The Kier molecular flexibility index (Phi) is 6.06. The number of hydrogen-bond acceptors (Lipinski definition) is 5. The second-order valence-corrected chi connectivity index (χ2v) is 6.26. The lowest BCUT2D eigenvalue weighted by atomic mass is 10.1. The Morgan fingerprint density at radius 3 is 2.36 bits per heavy atom. The minimum absolute atomic E-state index is 0.286. The monoisotopic (exact) mass is 401 g/mol. The lowest BCUT2D eigenvalue weighted by Gasteiger charge is -2.13. The Labute approximate surface area is 167 Å². The standard InChI is InChI=1S/C20H20ClN3O4/c1-26-17-8-13(9-18(27-2)19(17)28-3)15-10-16(24-23-15)20(25)22-11-12-6-4-5-7-14(12)21/h4-10H,11H2,1-3H3,(H,22,25)(H,23,24). The van der Waals surface area contributed by atoms with Crippen molar-refractivity contribution in [2.45, 2.75) is 6.54 Å². The summed E-state index contributed by atoms with van der Waals surface area (Å²) in [4.78, 5) is 12.4. The van der Waals surface area contributed by atoms with Crippen molar-refractivity contribution in [2.24, 2.45) is 0 Å². The second kappa shape index (κ2) is 8.67. The van der Waals surface area contributed by atoms with Crippen molar-refractivity contribution < 1.29 is 19.0 Å². The van der Waals surface area contributed by atoms with Crippen LogP contribution in [-0.4, -0.2) is 37.4 Å². The molecule has 8 heteroatoms. The van der Waals surface area contributed by atoms with Gasteiger partial charge in [0.05, 0.1) is 27.0 Å². The molecule has 0 radical (unpaired) electrons. The minimum atomic E-state index is -0.286. The maximum atomic E-state index is 12.4. The van der Waals surface area contributed by atoms with E-state index in [1.807, 2.05) is 18.2 Å². The zero-order valence-electron chi connectivity index (χ0n) is 15.7. The van der Waals surface area contributed by atoms with Crippen molar-refractivity contribution in [1.29, 1.82) is 0 Å². The molecule has 0 saturated heterocycles. The molecule has 0 unspecified atom stereocenters. The molecule has 146 valence electrons. The largest absolute Gasteiger partial charge is 0.493 e. The van der Waals surface area contributed by atoms with Gasteiger partial charge in [-0.1, -0.05) is 29.8 Å². The second-order valence-electron chi connectivity index (χ2n) is 5.85. The normalized spacial score (nSPS) is 10.4. The highest BCUT2D eigenvalue weighted by molar-refractivity contribution is 6.31. The highest BCUT2D eigenvalue weighted by atomic mass is 35.5. The number of methoxy groups -OCH3 is 3. The predicted octanol–water partition coefficient (Wildman–Crippen LogP) is 3.69. The number of halogens is 1. The van der Waals surface area contributed by atoms with Gasteiger partial charge in [0.15, 0.2) is 11.5 Å². The van der Waals surface area contributed by atoms with Gasteiger partial charge in [0.2, 0.25) is 5.75 Å². The van der Waals surface area contributed by atoms with Crippen molar-refractivity contribution >= 4 is 17.5 Å². The van der Waals surface area contributed by atoms with Gasteiger partial charge in [-0.25, -0.2) is 0 Å².